The Morgan fingerprint density at radius 1 is 0.970 bits per heavy atom. The van der Waals surface area contributed by atoms with Crippen LogP contribution >= 0.6 is 15.9 Å². The third-order valence-corrected chi connectivity index (χ3v) is 5.39. The van der Waals surface area contributed by atoms with E-state index in [2.05, 4.69) is 31.8 Å². The minimum Gasteiger partial charge on any atom is -0.489 e. The Kier molecular flexibility index (Phi) is 8.78. The van der Waals surface area contributed by atoms with E-state index in [1.165, 1.54) is 0 Å². The van der Waals surface area contributed by atoms with Gasteiger partial charge in [-0.1, -0.05) is 60.1 Å². The molecule has 0 spiro atoms. The maximum atomic E-state index is 12.6. The molecule has 0 aliphatic heterocycles. The second-order valence-corrected chi connectivity index (χ2v) is 8.70. The number of ether oxygens (including phenoxy) is 1. The number of rotatable bonds is 9. The molecule has 2 N–H and O–H groups in total. The van der Waals surface area contributed by atoms with Gasteiger partial charge in [-0.2, -0.15) is 5.10 Å². The summed E-state index contributed by atoms with van der Waals surface area (Å²) in [4.78, 5) is 25.0. The summed E-state index contributed by atoms with van der Waals surface area (Å²) in [6, 6.07) is 23.4. The smallest absolute Gasteiger partial charge is 0.262 e. The molecule has 1 atom stereocenters. The monoisotopic (exact) mass is 507 g/mol. The number of nitrogens with zero attached hydrogens (tertiary/aromatic N) is 1. The molecule has 0 aromatic heterocycles. The highest BCUT2D eigenvalue weighted by molar-refractivity contribution is 9.10. The fourth-order valence-electron chi connectivity index (χ4n) is 2.99. The summed E-state index contributed by atoms with van der Waals surface area (Å²) in [5.74, 6) is -0.0373. The Morgan fingerprint density at radius 3 is 2.27 bits per heavy atom. The van der Waals surface area contributed by atoms with Crippen molar-refractivity contribution in [1.82, 2.24) is 10.7 Å². The molecule has 2 amide bonds. The van der Waals surface area contributed by atoms with Crippen molar-refractivity contribution in [3.8, 4) is 5.75 Å². The van der Waals surface area contributed by atoms with Gasteiger partial charge in [0.2, 0.25) is 0 Å². The molecular formula is C26H26BrN3O3. The fourth-order valence-corrected chi connectivity index (χ4v) is 3.25. The zero-order chi connectivity index (χ0) is 23.6. The van der Waals surface area contributed by atoms with Gasteiger partial charge in [0.05, 0.1) is 6.21 Å². The summed E-state index contributed by atoms with van der Waals surface area (Å²) in [6.45, 7) is 4.21. The van der Waals surface area contributed by atoms with Crippen LogP contribution in [0.3, 0.4) is 0 Å². The van der Waals surface area contributed by atoms with E-state index in [4.69, 9.17) is 4.74 Å². The molecular weight excluding hydrogens is 482 g/mol. The summed E-state index contributed by atoms with van der Waals surface area (Å²) in [6.07, 6.45) is 1.55. The lowest BCUT2D eigenvalue weighted by atomic mass is 10.0. The van der Waals surface area contributed by atoms with Gasteiger partial charge in [-0.15, -0.1) is 0 Å². The van der Waals surface area contributed by atoms with Crippen LogP contribution < -0.4 is 15.5 Å². The standard InChI is InChI=1S/C26H26BrN3O3/c1-18(2)24(29-25(31)21-6-4-3-5-7-21)26(32)30-28-16-19-10-14-23(15-11-19)33-17-20-8-12-22(27)13-9-20/h3-16,18,24H,17H2,1-2H3,(H,29,31)(H,30,32)/b28-16+. The first kappa shape index (κ1) is 24.2. The van der Waals surface area contributed by atoms with Crippen molar-refractivity contribution >= 4 is 34.0 Å². The summed E-state index contributed by atoms with van der Waals surface area (Å²) in [5.41, 5.74) is 4.90. The molecule has 3 aromatic rings. The van der Waals surface area contributed by atoms with Crippen LogP contribution in [0.4, 0.5) is 0 Å². The Morgan fingerprint density at radius 2 is 1.64 bits per heavy atom. The van der Waals surface area contributed by atoms with Crippen molar-refractivity contribution in [2.75, 3.05) is 0 Å². The predicted octanol–water partition coefficient (Wildman–Crippen LogP) is 4.93. The number of nitrogens with one attached hydrogen (secondary N) is 2. The van der Waals surface area contributed by atoms with Crippen molar-refractivity contribution < 1.29 is 14.3 Å². The molecule has 0 aliphatic carbocycles. The van der Waals surface area contributed by atoms with E-state index in [1.54, 1.807) is 30.5 Å². The molecule has 0 radical (unpaired) electrons. The molecule has 0 aliphatic rings. The molecule has 1 unspecified atom stereocenters. The van der Waals surface area contributed by atoms with Gasteiger partial charge in [0.1, 0.15) is 18.4 Å². The first-order valence-electron chi connectivity index (χ1n) is 10.6. The van der Waals surface area contributed by atoms with Gasteiger partial charge < -0.3 is 10.1 Å². The second-order valence-electron chi connectivity index (χ2n) is 7.78. The lowest BCUT2D eigenvalue weighted by molar-refractivity contribution is -0.123. The molecule has 6 nitrogen and oxygen atoms in total. The van der Waals surface area contributed by atoms with Crippen molar-refractivity contribution in [3.63, 3.8) is 0 Å². The lowest BCUT2D eigenvalue weighted by Gasteiger charge is -2.20. The molecule has 7 heteroatoms. The van der Waals surface area contributed by atoms with Crippen molar-refractivity contribution in [2.45, 2.75) is 26.5 Å². The second kappa shape index (κ2) is 12.0. The molecule has 3 aromatic carbocycles. The van der Waals surface area contributed by atoms with Gasteiger partial charge in [0.15, 0.2) is 0 Å². The van der Waals surface area contributed by atoms with Crippen molar-refractivity contribution in [1.29, 1.82) is 0 Å². The van der Waals surface area contributed by atoms with Crippen molar-refractivity contribution in [2.24, 2.45) is 11.0 Å². The Bertz CT molecular complexity index is 1080. The van der Waals surface area contributed by atoms with Crippen molar-refractivity contribution in [3.05, 3.63) is 100 Å². The van der Waals surface area contributed by atoms with Crippen LogP contribution in [0.25, 0.3) is 0 Å². The van der Waals surface area contributed by atoms with Gasteiger partial charge in [-0.05, 0) is 65.6 Å². The maximum Gasteiger partial charge on any atom is 0.262 e. The highest BCUT2D eigenvalue weighted by Gasteiger charge is 2.24. The molecule has 0 heterocycles. The van der Waals surface area contributed by atoms with Crippen LogP contribution in [-0.4, -0.2) is 24.1 Å². The van der Waals surface area contributed by atoms with E-state index in [0.29, 0.717) is 12.2 Å². The summed E-state index contributed by atoms with van der Waals surface area (Å²) < 4.78 is 6.82. The highest BCUT2D eigenvalue weighted by atomic mass is 79.9. The quantitative estimate of drug-likeness (QED) is 0.318. The summed E-state index contributed by atoms with van der Waals surface area (Å²) >= 11 is 3.42. The van der Waals surface area contributed by atoms with Crippen LogP contribution in [0.15, 0.2) is 88.4 Å². The average molecular weight is 508 g/mol. The minimum absolute atomic E-state index is 0.102. The lowest BCUT2D eigenvalue weighted by Crippen LogP contribution is -2.48. The number of benzene rings is 3. The Balaban J connectivity index is 1.51. The molecule has 0 bridgehead atoms. The first-order valence-corrected chi connectivity index (χ1v) is 11.4. The predicted molar refractivity (Wildman–Crippen MR) is 133 cm³/mol. The largest absolute Gasteiger partial charge is 0.489 e. The molecule has 0 fully saturated rings. The van der Waals surface area contributed by atoms with Gasteiger partial charge in [-0.25, -0.2) is 5.43 Å². The average Bonchev–Trinajstić information content (AvgIpc) is 2.83. The highest BCUT2D eigenvalue weighted by Crippen LogP contribution is 2.15. The molecule has 3 rings (SSSR count). The maximum absolute atomic E-state index is 12.6. The third-order valence-electron chi connectivity index (χ3n) is 4.86. The van der Waals surface area contributed by atoms with Crippen LogP contribution in [0, 0.1) is 5.92 Å². The minimum atomic E-state index is -0.704. The van der Waals surface area contributed by atoms with E-state index in [-0.39, 0.29) is 17.7 Å². The summed E-state index contributed by atoms with van der Waals surface area (Å²) in [5, 5.41) is 6.81. The van der Waals surface area contributed by atoms with E-state index >= 15 is 0 Å². The van der Waals surface area contributed by atoms with E-state index in [9.17, 15) is 9.59 Å². The van der Waals surface area contributed by atoms with Crippen LogP contribution in [-0.2, 0) is 11.4 Å². The van der Waals surface area contributed by atoms with Crippen LogP contribution in [0.5, 0.6) is 5.75 Å². The number of carbonyl (C=O) groups excluding carboxylic acids is 2. The summed E-state index contributed by atoms with van der Waals surface area (Å²) in [7, 11) is 0. The number of hydrogen-bond donors (Lipinski definition) is 2. The zero-order valence-corrected chi connectivity index (χ0v) is 20.1. The SMILES string of the molecule is CC(C)C(NC(=O)c1ccccc1)C(=O)N/N=C/c1ccc(OCc2ccc(Br)cc2)cc1. The van der Waals surface area contributed by atoms with E-state index in [1.807, 2.05) is 68.4 Å². The van der Waals surface area contributed by atoms with Crippen LogP contribution in [0.1, 0.15) is 35.3 Å². The first-order chi connectivity index (χ1) is 15.9. The Labute approximate surface area is 202 Å². The van der Waals surface area contributed by atoms with Crippen LogP contribution in [0.2, 0.25) is 0 Å². The topological polar surface area (TPSA) is 79.8 Å². The van der Waals surface area contributed by atoms with Gasteiger partial charge in [-0.3, -0.25) is 9.59 Å². The van der Waals surface area contributed by atoms with Gasteiger partial charge >= 0.3 is 0 Å². The number of amides is 2. The van der Waals surface area contributed by atoms with E-state index in [0.717, 1.165) is 21.3 Å². The van der Waals surface area contributed by atoms with Gasteiger partial charge in [0.25, 0.3) is 11.8 Å². The number of halogens is 1. The molecule has 170 valence electrons. The third kappa shape index (κ3) is 7.57. The number of carbonyl (C=O) groups is 2. The van der Waals surface area contributed by atoms with Gasteiger partial charge in [0, 0.05) is 10.0 Å². The molecule has 0 saturated carbocycles. The Hall–Kier alpha value is -3.45. The fraction of sp³-hybridized carbons (Fsp3) is 0.192. The normalized spacial score (nSPS) is 11.9. The van der Waals surface area contributed by atoms with E-state index < -0.39 is 6.04 Å². The molecule has 33 heavy (non-hydrogen) atoms. The number of hydrogen-bond acceptors (Lipinski definition) is 4. The molecule has 0 saturated heterocycles. The number of hydrazone groups is 1. The zero-order valence-electron chi connectivity index (χ0n) is 18.5.